The van der Waals surface area contributed by atoms with Crippen molar-refractivity contribution in [3.05, 3.63) is 85.1 Å². The molecule has 1 unspecified atom stereocenters. The molecule has 0 heterocycles. The van der Waals surface area contributed by atoms with Gasteiger partial charge in [-0.2, -0.15) is 0 Å². The molecule has 0 aliphatic heterocycles. The third kappa shape index (κ3) is 57.5. The van der Waals surface area contributed by atoms with E-state index in [1.165, 1.54) is 180 Å². The van der Waals surface area contributed by atoms with Crippen LogP contribution in [0.1, 0.15) is 297 Å². The first-order valence-electron chi connectivity index (χ1n) is 30.6. The van der Waals surface area contributed by atoms with Gasteiger partial charge in [-0.3, -0.25) is 14.4 Å². The van der Waals surface area contributed by atoms with E-state index in [-0.39, 0.29) is 37.5 Å². The van der Waals surface area contributed by atoms with Gasteiger partial charge in [0.05, 0.1) is 0 Å². The highest BCUT2D eigenvalue weighted by molar-refractivity contribution is 5.71. The van der Waals surface area contributed by atoms with Gasteiger partial charge in [-0.25, -0.2) is 0 Å². The van der Waals surface area contributed by atoms with Gasteiger partial charge in [-0.1, -0.05) is 286 Å². The maximum Gasteiger partial charge on any atom is 0.306 e. The molecule has 0 aromatic rings. The number of carbonyl (C=O) groups is 3. The molecular formula is C66H114O6. The number of carbonyl (C=O) groups excluding carboxylic acids is 3. The van der Waals surface area contributed by atoms with E-state index in [2.05, 4.69) is 99.8 Å². The molecule has 0 spiro atoms. The maximum absolute atomic E-state index is 12.9. The first-order chi connectivity index (χ1) is 35.5. The molecule has 0 aliphatic carbocycles. The smallest absolute Gasteiger partial charge is 0.306 e. The predicted octanol–water partition coefficient (Wildman–Crippen LogP) is 20.7. The second kappa shape index (κ2) is 60.1. The van der Waals surface area contributed by atoms with Crippen LogP contribution in [0.15, 0.2) is 85.1 Å². The number of unbranched alkanes of at least 4 members (excludes halogenated alkanes) is 31. The standard InChI is InChI=1S/C66H114O6/c1-4-7-10-13-16-19-22-25-28-31-33-35-38-41-44-47-50-53-56-59-65(68)71-62-63(61-70-64(67)58-55-52-49-46-43-40-37-30-27-24-21-18-15-12-9-6-3)72-66(69)60-57-54-51-48-45-42-39-36-34-32-29-26-23-20-17-14-11-8-5-2/h9,12,16,18-19,21-22,25,27,30,40,43,49,52,63H,4-8,10-11,13-15,17,20,23-24,26,28-29,31-39,41-42,44-48,50-51,53-62H2,1-3H3/b12-9-,19-16-,21-18-,25-22-,30-27-,43-40-,52-49-. The lowest BCUT2D eigenvalue weighted by Gasteiger charge is -2.18. The highest BCUT2D eigenvalue weighted by Crippen LogP contribution is 2.17. The minimum Gasteiger partial charge on any atom is -0.462 e. The van der Waals surface area contributed by atoms with E-state index in [9.17, 15) is 14.4 Å². The van der Waals surface area contributed by atoms with E-state index in [0.717, 1.165) is 70.6 Å². The Morgan fingerprint density at radius 1 is 0.306 bits per heavy atom. The van der Waals surface area contributed by atoms with Crippen LogP contribution >= 0.6 is 0 Å². The fourth-order valence-corrected chi connectivity index (χ4v) is 8.60. The Labute approximate surface area is 445 Å². The number of rotatable bonds is 55. The molecule has 0 radical (unpaired) electrons. The van der Waals surface area contributed by atoms with Gasteiger partial charge in [-0.05, 0) is 77.0 Å². The first kappa shape index (κ1) is 68.6. The number of hydrogen-bond donors (Lipinski definition) is 0. The normalized spacial score (nSPS) is 12.7. The average molecular weight is 1000 g/mol. The minimum atomic E-state index is -0.807. The number of hydrogen-bond acceptors (Lipinski definition) is 6. The third-order valence-electron chi connectivity index (χ3n) is 13.2. The largest absolute Gasteiger partial charge is 0.462 e. The summed E-state index contributed by atoms with van der Waals surface area (Å²) < 4.78 is 16.8. The lowest BCUT2D eigenvalue weighted by atomic mass is 10.0. The monoisotopic (exact) mass is 1000 g/mol. The van der Waals surface area contributed by atoms with Crippen LogP contribution in [-0.2, 0) is 28.6 Å². The summed E-state index contributed by atoms with van der Waals surface area (Å²) in [6.07, 6.45) is 78.8. The molecular weight excluding hydrogens is 889 g/mol. The Balaban J connectivity index is 4.44. The summed E-state index contributed by atoms with van der Waals surface area (Å²) >= 11 is 0. The van der Waals surface area contributed by atoms with E-state index >= 15 is 0 Å². The molecule has 1 atom stereocenters. The molecule has 414 valence electrons. The molecule has 0 saturated carbocycles. The quantitative estimate of drug-likeness (QED) is 0.0199. The van der Waals surface area contributed by atoms with Crippen molar-refractivity contribution >= 4 is 17.9 Å². The number of ether oxygens (including phenoxy) is 3. The van der Waals surface area contributed by atoms with Crippen molar-refractivity contribution in [3.8, 4) is 0 Å². The molecule has 6 nitrogen and oxygen atoms in total. The van der Waals surface area contributed by atoms with Crippen LogP contribution in [0.2, 0.25) is 0 Å². The Morgan fingerprint density at radius 3 is 1.01 bits per heavy atom. The molecule has 0 fully saturated rings. The van der Waals surface area contributed by atoms with Crippen molar-refractivity contribution in [2.45, 2.75) is 303 Å². The lowest BCUT2D eigenvalue weighted by Crippen LogP contribution is -2.30. The predicted molar refractivity (Wildman–Crippen MR) is 311 cm³/mol. The SMILES string of the molecule is CC/C=C\C/C=C\C/C=C\C/C=C\C/C=C\CCC(=O)OCC(COC(=O)CCCCCCCCCCCC/C=C\C=C/CCCCC)OC(=O)CCCCCCCCCCCCCCCCCCCCC. The van der Waals surface area contributed by atoms with Gasteiger partial charge in [-0.15, -0.1) is 0 Å². The van der Waals surface area contributed by atoms with Crippen molar-refractivity contribution < 1.29 is 28.6 Å². The van der Waals surface area contributed by atoms with Crippen LogP contribution in [0.3, 0.4) is 0 Å². The first-order valence-corrected chi connectivity index (χ1v) is 30.6. The van der Waals surface area contributed by atoms with Crippen LogP contribution in [0.25, 0.3) is 0 Å². The van der Waals surface area contributed by atoms with Gasteiger partial charge in [0.25, 0.3) is 0 Å². The molecule has 0 N–H and O–H groups in total. The summed E-state index contributed by atoms with van der Waals surface area (Å²) in [5, 5.41) is 0. The molecule has 0 aromatic carbocycles. The van der Waals surface area contributed by atoms with E-state index in [1.54, 1.807) is 0 Å². The second-order valence-corrected chi connectivity index (χ2v) is 20.3. The highest BCUT2D eigenvalue weighted by Gasteiger charge is 2.19. The highest BCUT2D eigenvalue weighted by atomic mass is 16.6. The Hall–Kier alpha value is -3.41. The zero-order valence-corrected chi connectivity index (χ0v) is 47.4. The maximum atomic E-state index is 12.9. The Kier molecular flexibility index (Phi) is 57.3. The van der Waals surface area contributed by atoms with Crippen molar-refractivity contribution in [3.63, 3.8) is 0 Å². The van der Waals surface area contributed by atoms with Gasteiger partial charge in [0.2, 0.25) is 0 Å². The fraction of sp³-hybridized carbons (Fsp3) is 0.742. The van der Waals surface area contributed by atoms with E-state index < -0.39 is 6.10 Å². The summed E-state index contributed by atoms with van der Waals surface area (Å²) in [6.45, 7) is 6.46. The van der Waals surface area contributed by atoms with Crippen molar-refractivity contribution in [1.82, 2.24) is 0 Å². The van der Waals surface area contributed by atoms with Gasteiger partial charge in [0, 0.05) is 19.3 Å². The number of esters is 3. The number of allylic oxidation sites excluding steroid dienone is 14. The molecule has 72 heavy (non-hydrogen) atoms. The fourth-order valence-electron chi connectivity index (χ4n) is 8.60. The van der Waals surface area contributed by atoms with Gasteiger partial charge >= 0.3 is 17.9 Å². The van der Waals surface area contributed by atoms with E-state index in [4.69, 9.17) is 14.2 Å². The summed E-state index contributed by atoms with van der Waals surface area (Å²) in [4.78, 5) is 38.2. The zero-order valence-electron chi connectivity index (χ0n) is 47.4. The van der Waals surface area contributed by atoms with Crippen LogP contribution in [0.5, 0.6) is 0 Å². The van der Waals surface area contributed by atoms with Crippen molar-refractivity contribution in [1.29, 1.82) is 0 Å². The van der Waals surface area contributed by atoms with Crippen LogP contribution in [-0.4, -0.2) is 37.2 Å². The molecule has 0 saturated heterocycles. The van der Waals surface area contributed by atoms with E-state index in [0.29, 0.717) is 19.3 Å². The van der Waals surface area contributed by atoms with Gasteiger partial charge in [0.15, 0.2) is 6.10 Å². The molecule has 6 heteroatoms. The summed E-state index contributed by atoms with van der Waals surface area (Å²) in [7, 11) is 0. The zero-order chi connectivity index (χ0) is 52.2. The Bertz CT molecular complexity index is 1380. The second-order valence-electron chi connectivity index (χ2n) is 20.3. The lowest BCUT2D eigenvalue weighted by molar-refractivity contribution is -0.166. The summed E-state index contributed by atoms with van der Waals surface area (Å²) in [5.74, 6) is -0.977. The van der Waals surface area contributed by atoms with Gasteiger partial charge in [0.1, 0.15) is 13.2 Å². The topological polar surface area (TPSA) is 78.9 Å². The van der Waals surface area contributed by atoms with Crippen molar-refractivity contribution in [2.75, 3.05) is 13.2 Å². The molecule has 0 aliphatic rings. The Morgan fingerprint density at radius 2 is 0.611 bits per heavy atom. The summed E-state index contributed by atoms with van der Waals surface area (Å²) in [5.41, 5.74) is 0. The van der Waals surface area contributed by atoms with Gasteiger partial charge < -0.3 is 14.2 Å². The summed E-state index contributed by atoms with van der Waals surface area (Å²) in [6, 6.07) is 0. The van der Waals surface area contributed by atoms with E-state index in [1.807, 2.05) is 6.08 Å². The minimum absolute atomic E-state index is 0.0989. The molecule has 0 aromatic heterocycles. The van der Waals surface area contributed by atoms with Crippen LogP contribution in [0, 0.1) is 0 Å². The average Bonchev–Trinajstić information content (AvgIpc) is 3.38. The van der Waals surface area contributed by atoms with Crippen LogP contribution in [0.4, 0.5) is 0 Å². The third-order valence-corrected chi connectivity index (χ3v) is 13.2. The van der Waals surface area contributed by atoms with Crippen LogP contribution < -0.4 is 0 Å². The van der Waals surface area contributed by atoms with Crippen molar-refractivity contribution in [2.24, 2.45) is 0 Å². The molecule has 0 rings (SSSR count). The molecule has 0 amide bonds. The molecule has 0 bridgehead atoms.